The molecule has 1 amide bonds. The summed E-state index contributed by atoms with van der Waals surface area (Å²) in [6.07, 6.45) is 1.39. The summed E-state index contributed by atoms with van der Waals surface area (Å²) in [5.74, 6) is -1.12. The van der Waals surface area contributed by atoms with Crippen LogP contribution in [0.3, 0.4) is 0 Å². The molecule has 106 valence electrons. The molecule has 2 rings (SSSR count). The average Bonchev–Trinajstić information content (AvgIpc) is 2.73. The van der Waals surface area contributed by atoms with Gasteiger partial charge in [-0.3, -0.25) is 9.89 Å². The van der Waals surface area contributed by atoms with Crippen LogP contribution in [0.2, 0.25) is 0 Å². The standard InChI is InChI=1S/C13H16FN5O/c1-4-15-12-10(14)9(5-6-16-12)13(20)17-11-7(2)18-19-8(11)3/h5-6H,4H2,1-3H3,(H,15,16)(H,17,20)(H,18,19). The fourth-order valence-corrected chi connectivity index (χ4v) is 1.83. The summed E-state index contributed by atoms with van der Waals surface area (Å²) in [7, 11) is 0. The highest BCUT2D eigenvalue weighted by Crippen LogP contribution is 2.20. The first-order valence-electron chi connectivity index (χ1n) is 6.25. The molecule has 2 heterocycles. The topological polar surface area (TPSA) is 82.7 Å². The minimum atomic E-state index is -0.661. The number of anilines is 2. The number of amides is 1. The van der Waals surface area contributed by atoms with Crippen LogP contribution in [0.15, 0.2) is 12.3 Å². The third kappa shape index (κ3) is 2.61. The van der Waals surface area contributed by atoms with E-state index in [4.69, 9.17) is 0 Å². The molecule has 0 radical (unpaired) electrons. The predicted octanol–water partition coefficient (Wildman–Crippen LogP) is 2.24. The highest BCUT2D eigenvalue weighted by atomic mass is 19.1. The Hall–Kier alpha value is -2.44. The van der Waals surface area contributed by atoms with Crippen LogP contribution < -0.4 is 10.6 Å². The van der Waals surface area contributed by atoms with Gasteiger partial charge in [0.25, 0.3) is 5.91 Å². The highest BCUT2D eigenvalue weighted by Gasteiger charge is 2.18. The molecule has 0 aliphatic carbocycles. The van der Waals surface area contributed by atoms with Gasteiger partial charge < -0.3 is 10.6 Å². The molecule has 0 bridgehead atoms. The van der Waals surface area contributed by atoms with Crippen LogP contribution in [-0.4, -0.2) is 27.6 Å². The summed E-state index contributed by atoms with van der Waals surface area (Å²) in [6.45, 7) is 5.88. The van der Waals surface area contributed by atoms with E-state index in [1.807, 2.05) is 6.92 Å². The molecule has 20 heavy (non-hydrogen) atoms. The Morgan fingerprint density at radius 1 is 1.45 bits per heavy atom. The molecule has 0 aromatic carbocycles. The molecule has 0 aliphatic rings. The van der Waals surface area contributed by atoms with E-state index in [2.05, 4.69) is 25.8 Å². The molecule has 0 spiro atoms. The molecular weight excluding hydrogens is 261 g/mol. The molecule has 0 atom stereocenters. The van der Waals surface area contributed by atoms with Crippen molar-refractivity contribution >= 4 is 17.4 Å². The highest BCUT2D eigenvalue weighted by molar-refractivity contribution is 6.05. The van der Waals surface area contributed by atoms with Crippen molar-refractivity contribution in [3.63, 3.8) is 0 Å². The van der Waals surface area contributed by atoms with Crippen molar-refractivity contribution in [1.82, 2.24) is 15.2 Å². The van der Waals surface area contributed by atoms with Gasteiger partial charge in [-0.1, -0.05) is 0 Å². The third-order valence-electron chi connectivity index (χ3n) is 2.84. The molecule has 0 saturated heterocycles. The van der Waals surface area contributed by atoms with Gasteiger partial charge in [-0.2, -0.15) is 5.10 Å². The molecule has 0 fully saturated rings. The maximum atomic E-state index is 14.1. The summed E-state index contributed by atoms with van der Waals surface area (Å²) in [5, 5.41) is 12.2. The van der Waals surface area contributed by atoms with E-state index in [1.165, 1.54) is 12.3 Å². The number of carbonyl (C=O) groups excluding carboxylic acids is 1. The molecule has 2 aromatic rings. The van der Waals surface area contributed by atoms with Gasteiger partial charge in [0, 0.05) is 12.7 Å². The Morgan fingerprint density at radius 3 is 2.80 bits per heavy atom. The Labute approximate surface area is 115 Å². The SMILES string of the molecule is CCNc1nccc(C(=O)Nc2c(C)n[nH]c2C)c1F. The number of pyridine rings is 1. The molecule has 0 saturated carbocycles. The Balaban J connectivity index is 2.28. The number of carbonyl (C=O) groups is 1. The van der Waals surface area contributed by atoms with Gasteiger partial charge >= 0.3 is 0 Å². The summed E-state index contributed by atoms with van der Waals surface area (Å²) >= 11 is 0. The van der Waals surface area contributed by atoms with Gasteiger partial charge in [0.15, 0.2) is 11.6 Å². The van der Waals surface area contributed by atoms with E-state index in [9.17, 15) is 9.18 Å². The van der Waals surface area contributed by atoms with Gasteiger partial charge in [-0.25, -0.2) is 9.37 Å². The van der Waals surface area contributed by atoms with Gasteiger partial charge in [-0.15, -0.1) is 0 Å². The van der Waals surface area contributed by atoms with Crippen LogP contribution in [0, 0.1) is 19.7 Å². The number of halogens is 1. The van der Waals surface area contributed by atoms with E-state index < -0.39 is 11.7 Å². The molecule has 3 N–H and O–H groups in total. The van der Waals surface area contributed by atoms with Crippen molar-refractivity contribution in [2.45, 2.75) is 20.8 Å². The Morgan fingerprint density at radius 2 is 2.20 bits per heavy atom. The van der Waals surface area contributed by atoms with E-state index >= 15 is 0 Å². The predicted molar refractivity (Wildman–Crippen MR) is 74.4 cm³/mol. The number of nitrogens with zero attached hydrogens (tertiary/aromatic N) is 2. The first-order chi connectivity index (χ1) is 9.54. The summed E-state index contributed by atoms with van der Waals surface area (Å²) < 4.78 is 14.1. The molecular formula is C13H16FN5O. The minimum absolute atomic E-state index is 0.0593. The first-order valence-corrected chi connectivity index (χ1v) is 6.25. The van der Waals surface area contributed by atoms with E-state index in [0.717, 1.165) is 5.69 Å². The van der Waals surface area contributed by atoms with E-state index in [-0.39, 0.29) is 11.4 Å². The minimum Gasteiger partial charge on any atom is -0.368 e. The number of hydrogen-bond acceptors (Lipinski definition) is 4. The fraction of sp³-hybridized carbons (Fsp3) is 0.308. The number of H-pyrrole nitrogens is 1. The normalized spacial score (nSPS) is 10.4. The van der Waals surface area contributed by atoms with Crippen LogP contribution in [-0.2, 0) is 0 Å². The van der Waals surface area contributed by atoms with Crippen LogP contribution in [0.5, 0.6) is 0 Å². The summed E-state index contributed by atoms with van der Waals surface area (Å²) in [6, 6.07) is 1.34. The van der Waals surface area contributed by atoms with Crippen molar-refractivity contribution in [3.8, 4) is 0 Å². The summed E-state index contributed by atoms with van der Waals surface area (Å²) in [4.78, 5) is 16.0. The van der Waals surface area contributed by atoms with Crippen molar-refractivity contribution in [2.75, 3.05) is 17.2 Å². The van der Waals surface area contributed by atoms with Gasteiger partial charge in [0.1, 0.15) is 0 Å². The fourth-order valence-electron chi connectivity index (χ4n) is 1.83. The Kier molecular flexibility index (Phi) is 3.97. The monoisotopic (exact) mass is 277 g/mol. The maximum Gasteiger partial charge on any atom is 0.258 e. The zero-order valence-electron chi connectivity index (χ0n) is 11.5. The van der Waals surface area contributed by atoms with E-state index in [1.54, 1.807) is 13.8 Å². The lowest BCUT2D eigenvalue weighted by Crippen LogP contribution is -2.16. The van der Waals surface area contributed by atoms with Crippen LogP contribution in [0.25, 0.3) is 0 Å². The first kappa shape index (κ1) is 14.0. The number of aromatic nitrogens is 3. The molecule has 0 unspecified atom stereocenters. The van der Waals surface area contributed by atoms with Crippen LogP contribution >= 0.6 is 0 Å². The zero-order valence-corrected chi connectivity index (χ0v) is 11.5. The molecule has 7 heteroatoms. The molecule has 6 nitrogen and oxygen atoms in total. The van der Waals surface area contributed by atoms with Crippen molar-refractivity contribution in [1.29, 1.82) is 0 Å². The number of aromatic amines is 1. The second-order valence-electron chi connectivity index (χ2n) is 4.31. The smallest absolute Gasteiger partial charge is 0.258 e. The van der Waals surface area contributed by atoms with Crippen LogP contribution in [0.1, 0.15) is 28.7 Å². The van der Waals surface area contributed by atoms with Crippen molar-refractivity contribution < 1.29 is 9.18 Å². The number of nitrogens with one attached hydrogen (secondary N) is 3. The second-order valence-corrected chi connectivity index (χ2v) is 4.31. The van der Waals surface area contributed by atoms with Gasteiger partial charge in [-0.05, 0) is 26.8 Å². The van der Waals surface area contributed by atoms with Crippen molar-refractivity contribution in [2.24, 2.45) is 0 Å². The third-order valence-corrected chi connectivity index (χ3v) is 2.84. The van der Waals surface area contributed by atoms with Crippen molar-refractivity contribution in [3.05, 3.63) is 35.0 Å². The average molecular weight is 277 g/mol. The number of aryl methyl sites for hydroxylation is 2. The lowest BCUT2D eigenvalue weighted by molar-refractivity contribution is 0.102. The maximum absolute atomic E-state index is 14.1. The zero-order chi connectivity index (χ0) is 14.7. The molecule has 2 aromatic heterocycles. The van der Waals surface area contributed by atoms with Gasteiger partial charge in [0.2, 0.25) is 0 Å². The lowest BCUT2D eigenvalue weighted by atomic mass is 10.2. The number of hydrogen-bond donors (Lipinski definition) is 3. The second kappa shape index (κ2) is 5.68. The lowest BCUT2D eigenvalue weighted by Gasteiger charge is -2.09. The van der Waals surface area contributed by atoms with Gasteiger partial charge in [0.05, 0.1) is 22.6 Å². The van der Waals surface area contributed by atoms with E-state index in [0.29, 0.717) is 17.9 Å². The number of rotatable bonds is 4. The largest absolute Gasteiger partial charge is 0.368 e. The summed E-state index contributed by atoms with van der Waals surface area (Å²) in [5.41, 5.74) is 1.88. The Bertz CT molecular complexity index is 618. The quantitative estimate of drug-likeness (QED) is 0.800. The van der Waals surface area contributed by atoms with Crippen LogP contribution in [0.4, 0.5) is 15.9 Å². The molecule has 0 aliphatic heterocycles.